The van der Waals surface area contributed by atoms with E-state index < -0.39 is 0 Å². The monoisotopic (exact) mass is 417 g/mol. The first-order chi connectivity index (χ1) is 14.7. The molecule has 2 aliphatic heterocycles. The Morgan fingerprint density at radius 3 is 2.23 bits per heavy atom. The van der Waals surface area contributed by atoms with Crippen LogP contribution in [0.1, 0.15) is 18.4 Å². The van der Waals surface area contributed by atoms with E-state index in [0.717, 1.165) is 70.8 Å². The minimum atomic E-state index is -0.350. The zero-order valence-electron chi connectivity index (χ0n) is 17.8. The zero-order chi connectivity index (χ0) is 21.0. The summed E-state index contributed by atoms with van der Waals surface area (Å²) < 4.78 is 5.38. The molecule has 1 atom stereocenters. The maximum absolute atomic E-state index is 13.1. The average molecular weight is 418 g/mol. The van der Waals surface area contributed by atoms with Crippen LogP contribution in [0.25, 0.3) is 0 Å². The van der Waals surface area contributed by atoms with Gasteiger partial charge in [-0.05, 0) is 18.4 Å². The molecule has 1 aromatic rings. The molecule has 0 saturated carbocycles. The van der Waals surface area contributed by atoms with Gasteiger partial charge in [0.05, 0.1) is 6.04 Å². The molecule has 0 aromatic heterocycles. The second kappa shape index (κ2) is 12.6. The molecule has 0 aliphatic carbocycles. The van der Waals surface area contributed by atoms with E-state index >= 15 is 0 Å². The Balaban J connectivity index is 1.51. The number of benzene rings is 1. The van der Waals surface area contributed by atoms with Crippen LogP contribution >= 0.6 is 0 Å². The van der Waals surface area contributed by atoms with Crippen LogP contribution in [0.15, 0.2) is 30.3 Å². The van der Waals surface area contributed by atoms with Crippen molar-refractivity contribution in [2.24, 2.45) is 0 Å². The predicted molar refractivity (Wildman–Crippen MR) is 116 cm³/mol. The van der Waals surface area contributed by atoms with E-state index in [1.54, 1.807) is 4.90 Å². The van der Waals surface area contributed by atoms with Crippen molar-refractivity contribution in [1.29, 1.82) is 0 Å². The molecule has 8 heteroatoms. The van der Waals surface area contributed by atoms with Crippen LogP contribution in [-0.2, 0) is 20.9 Å². The molecule has 2 heterocycles. The van der Waals surface area contributed by atoms with Gasteiger partial charge in [0, 0.05) is 58.9 Å². The van der Waals surface area contributed by atoms with Crippen LogP contribution in [0, 0.1) is 0 Å². The number of amides is 1. The van der Waals surface area contributed by atoms with E-state index in [-0.39, 0.29) is 31.1 Å². The lowest BCUT2D eigenvalue weighted by Gasteiger charge is -2.38. The van der Waals surface area contributed by atoms with Gasteiger partial charge in [0.25, 0.3) is 0 Å². The Morgan fingerprint density at radius 2 is 1.57 bits per heavy atom. The van der Waals surface area contributed by atoms with Crippen molar-refractivity contribution in [3.8, 4) is 0 Å². The molecule has 1 amide bonds. The molecule has 2 saturated heterocycles. The Bertz CT molecular complexity index is 645. The number of carbonyl (C=O) groups excluding carboxylic acids is 2. The molecule has 2 fully saturated rings. The summed E-state index contributed by atoms with van der Waals surface area (Å²) >= 11 is 0. The molecule has 1 unspecified atom stereocenters. The maximum Gasteiger partial charge on any atom is 0.325 e. The van der Waals surface area contributed by atoms with Crippen LogP contribution in [0.5, 0.6) is 0 Å². The summed E-state index contributed by atoms with van der Waals surface area (Å²) in [5.74, 6) is -0.302. The van der Waals surface area contributed by atoms with E-state index in [1.807, 2.05) is 30.3 Å². The molecular weight excluding hydrogens is 382 g/mol. The van der Waals surface area contributed by atoms with Crippen molar-refractivity contribution in [3.05, 3.63) is 35.9 Å². The first kappa shape index (κ1) is 22.7. The number of esters is 1. The highest BCUT2D eigenvalue weighted by atomic mass is 16.5. The average Bonchev–Trinajstić information content (AvgIpc) is 2.75. The second-order valence-electron chi connectivity index (χ2n) is 7.85. The fourth-order valence-corrected chi connectivity index (χ4v) is 3.95. The molecule has 0 radical (unpaired) electrons. The summed E-state index contributed by atoms with van der Waals surface area (Å²) in [5, 5.41) is 10.3. The van der Waals surface area contributed by atoms with Gasteiger partial charge in [-0.15, -0.1) is 0 Å². The van der Waals surface area contributed by atoms with Crippen molar-refractivity contribution in [3.63, 3.8) is 0 Å². The van der Waals surface area contributed by atoms with Gasteiger partial charge < -0.3 is 25.6 Å². The number of piperidine rings is 1. The highest BCUT2D eigenvalue weighted by Crippen LogP contribution is 2.17. The van der Waals surface area contributed by atoms with E-state index in [1.165, 1.54) is 0 Å². The second-order valence-corrected chi connectivity index (χ2v) is 7.85. The van der Waals surface area contributed by atoms with E-state index in [4.69, 9.17) is 4.74 Å². The fourth-order valence-electron chi connectivity index (χ4n) is 3.95. The topological polar surface area (TPSA) is 85.9 Å². The van der Waals surface area contributed by atoms with Crippen LogP contribution in [0.2, 0.25) is 0 Å². The number of nitrogens with one attached hydrogen (secondary N) is 3. The number of hydrogen-bond acceptors (Lipinski definition) is 7. The van der Waals surface area contributed by atoms with Crippen LogP contribution in [0.4, 0.5) is 0 Å². The van der Waals surface area contributed by atoms with E-state index in [9.17, 15) is 9.59 Å². The number of hydrogen-bond donors (Lipinski definition) is 3. The lowest BCUT2D eigenvalue weighted by Crippen LogP contribution is -2.56. The lowest BCUT2D eigenvalue weighted by molar-refractivity contribution is -0.153. The molecule has 30 heavy (non-hydrogen) atoms. The summed E-state index contributed by atoms with van der Waals surface area (Å²) in [7, 11) is 0. The van der Waals surface area contributed by atoms with Gasteiger partial charge in [0.15, 0.2) is 0 Å². The van der Waals surface area contributed by atoms with Crippen LogP contribution in [-0.4, -0.2) is 93.2 Å². The Labute approximate surface area is 179 Å². The lowest BCUT2D eigenvalue weighted by atomic mass is 10.0. The van der Waals surface area contributed by atoms with Gasteiger partial charge in [-0.25, -0.2) is 0 Å². The number of carbonyl (C=O) groups is 2. The summed E-state index contributed by atoms with van der Waals surface area (Å²) in [6, 6.07) is 9.44. The molecule has 0 spiro atoms. The highest BCUT2D eigenvalue weighted by Gasteiger charge is 2.34. The van der Waals surface area contributed by atoms with Crippen LogP contribution in [0.3, 0.4) is 0 Å². The van der Waals surface area contributed by atoms with Gasteiger partial charge in [-0.2, -0.15) is 0 Å². The third-order valence-corrected chi connectivity index (χ3v) is 5.61. The molecule has 3 rings (SSSR count). The van der Waals surface area contributed by atoms with Gasteiger partial charge >= 0.3 is 5.97 Å². The van der Waals surface area contributed by atoms with Crippen molar-refractivity contribution in [2.45, 2.75) is 25.5 Å². The quantitative estimate of drug-likeness (QED) is 0.573. The predicted octanol–water partition coefficient (Wildman–Crippen LogP) is -0.195. The van der Waals surface area contributed by atoms with Crippen molar-refractivity contribution in [1.82, 2.24) is 25.8 Å². The molecule has 0 bridgehead atoms. The standard InChI is InChI=1S/C22H35N5O3/c28-21(30-18-19-5-2-1-3-6-19)17-27-14-4-7-20(22(27)29)26-15-12-24-10-8-23-9-11-25-13-16-26/h1-3,5-6,20,23-25H,4,7-18H2. The Morgan fingerprint density at radius 1 is 0.933 bits per heavy atom. The maximum atomic E-state index is 13.1. The van der Waals surface area contributed by atoms with Gasteiger partial charge in [-0.3, -0.25) is 14.5 Å². The van der Waals surface area contributed by atoms with Crippen molar-refractivity contribution < 1.29 is 14.3 Å². The smallest absolute Gasteiger partial charge is 0.325 e. The van der Waals surface area contributed by atoms with E-state index in [0.29, 0.717) is 6.54 Å². The summed E-state index contributed by atoms with van der Waals surface area (Å²) in [6.07, 6.45) is 1.75. The number of ether oxygens (including phenoxy) is 1. The first-order valence-corrected chi connectivity index (χ1v) is 11.1. The van der Waals surface area contributed by atoms with Gasteiger partial charge in [0.1, 0.15) is 13.2 Å². The number of nitrogens with zero attached hydrogens (tertiary/aromatic N) is 2. The van der Waals surface area contributed by atoms with Crippen LogP contribution < -0.4 is 16.0 Å². The molecule has 3 N–H and O–H groups in total. The first-order valence-electron chi connectivity index (χ1n) is 11.1. The summed E-state index contributed by atoms with van der Waals surface area (Å²) in [5.41, 5.74) is 0.947. The summed E-state index contributed by atoms with van der Waals surface area (Å²) in [4.78, 5) is 29.4. The Kier molecular flexibility index (Phi) is 9.56. The minimum Gasteiger partial charge on any atom is -0.459 e. The van der Waals surface area contributed by atoms with Crippen molar-refractivity contribution in [2.75, 3.05) is 65.4 Å². The molecule has 8 nitrogen and oxygen atoms in total. The van der Waals surface area contributed by atoms with Gasteiger partial charge in [0.2, 0.25) is 5.91 Å². The summed E-state index contributed by atoms with van der Waals surface area (Å²) in [6.45, 7) is 7.97. The van der Waals surface area contributed by atoms with Crippen molar-refractivity contribution >= 4 is 11.9 Å². The Hall–Kier alpha value is -2.00. The molecule has 1 aromatic carbocycles. The SMILES string of the molecule is O=C(CN1CCCC(N2CCNCCNCCNCC2)C1=O)OCc1ccccc1. The molecule has 2 aliphatic rings. The number of likely N-dealkylation sites (tertiary alicyclic amines) is 1. The highest BCUT2D eigenvalue weighted by molar-refractivity contribution is 5.86. The van der Waals surface area contributed by atoms with E-state index in [2.05, 4.69) is 20.9 Å². The number of rotatable bonds is 5. The third kappa shape index (κ3) is 7.36. The normalized spacial score (nSPS) is 22.7. The van der Waals surface area contributed by atoms with Gasteiger partial charge in [-0.1, -0.05) is 30.3 Å². The zero-order valence-corrected chi connectivity index (χ0v) is 17.8. The molecular formula is C22H35N5O3. The minimum absolute atomic E-state index is 0.0260. The fraction of sp³-hybridized carbons (Fsp3) is 0.636. The largest absolute Gasteiger partial charge is 0.459 e. The molecule has 166 valence electrons. The third-order valence-electron chi connectivity index (χ3n) is 5.61.